The molecule has 0 aliphatic carbocycles. The molecule has 5 nitrogen and oxygen atoms in total. The number of hydrogen-bond acceptors (Lipinski definition) is 5. The summed E-state index contributed by atoms with van der Waals surface area (Å²) < 4.78 is 4.91. The van der Waals surface area contributed by atoms with Crippen molar-refractivity contribution in [1.29, 1.82) is 0 Å². The Kier molecular flexibility index (Phi) is 3.66. The van der Waals surface area contributed by atoms with Crippen LogP contribution in [0, 0.1) is 0 Å². The van der Waals surface area contributed by atoms with Crippen molar-refractivity contribution in [2.75, 3.05) is 5.43 Å². The van der Waals surface area contributed by atoms with E-state index in [2.05, 4.69) is 10.5 Å². The number of nitrogens with zero attached hydrogens (tertiary/aromatic N) is 1. The lowest BCUT2D eigenvalue weighted by molar-refractivity contribution is -0.102. The van der Waals surface area contributed by atoms with Crippen LogP contribution in [-0.2, 0) is 4.79 Å². The molecule has 5 heteroatoms. The van der Waals surface area contributed by atoms with Gasteiger partial charge in [0, 0.05) is 0 Å². The highest BCUT2D eigenvalue weighted by Gasteiger charge is 2.16. The monoisotopic (exact) mass is 242 g/mol. The second kappa shape index (κ2) is 5.58. The van der Waals surface area contributed by atoms with Crippen LogP contribution in [0.15, 0.2) is 58.2 Å². The number of Topliss-reactive ketones (excluding diaryl/α,β-unsaturated/α-hetero) is 1. The summed E-state index contributed by atoms with van der Waals surface area (Å²) in [6.07, 6.45) is 1.75. The van der Waals surface area contributed by atoms with E-state index in [1.54, 1.807) is 18.2 Å². The van der Waals surface area contributed by atoms with E-state index in [0.29, 0.717) is 12.0 Å². The zero-order chi connectivity index (χ0) is 12.8. The molecule has 0 spiro atoms. The number of hydrazone groups is 1. The van der Waals surface area contributed by atoms with Crippen LogP contribution >= 0.6 is 0 Å². The molecule has 1 aromatic heterocycles. The van der Waals surface area contributed by atoms with Crippen molar-refractivity contribution < 1.29 is 14.0 Å². The lowest BCUT2D eigenvalue weighted by atomic mass is 10.2. The summed E-state index contributed by atoms with van der Waals surface area (Å²) in [5.41, 5.74) is 3.08. The van der Waals surface area contributed by atoms with E-state index in [9.17, 15) is 9.59 Å². The number of nitrogens with one attached hydrogen (secondary N) is 1. The largest absolute Gasteiger partial charge is 0.461 e. The summed E-state index contributed by atoms with van der Waals surface area (Å²) in [5.74, 6) is -0.478. The average molecular weight is 242 g/mol. The number of anilines is 1. The van der Waals surface area contributed by atoms with Gasteiger partial charge in [-0.25, -0.2) is 0 Å². The number of carbonyl (C=O) groups is 2. The molecule has 90 valence electrons. The van der Waals surface area contributed by atoms with Crippen molar-refractivity contribution in [2.45, 2.75) is 0 Å². The molecule has 0 atom stereocenters. The van der Waals surface area contributed by atoms with Crippen LogP contribution in [0.3, 0.4) is 0 Å². The summed E-state index contributed by atoms with van der Waals surface area (Å²) in [6.45, 7) is 0. The van der Waals surface area contributed by atoms with E-state index in [1.165, 1.54) is 12.3 Å². The average Bonchev–Trinajstić information content (AvgIpc) is 2.94. The van der Waals surface area contributed by atoms with Gasteiger partial charge < -0.3 is 4.42 Å². The topological polar surface area (TPSA) is 71.7 Å². The minimum atomic E-state index is -0.557. The summed E-state index contributed by atoms with van der Waals surface area (Å²) >= 11 is 0. The van der Waals surface area contributed by atoms with E-state index < -0.39 is 5.78 Å². The van der Waals surface area contributed by atoms with Gasteiger partial charge in [0.25, 0.3) is 5.78 Å². The first-order valence-corrected chi connectivity index (χ1v) is 5.23. The molecule has 0 unspecified atom stereocenters. The maximum atomic E-state index is 11.8. The normalized spacial score (nSPS) is 11.0. The van der Waals surface area contributed by atoms with Gasteiger partial charge in [-0.15, -0.1) is 0 Å². The zero-order valence-corrected chi connectivity index (χ0v) is 9.37. The van der Waals surface area contributed by atoms with Crippen LogP contribution in [0.2, 0.25) is 0 Å². The van der Waals surface area contributed by atoms with Gasteiger partial charge in [0.1, 0.15) is 0 Å². The third-order valence-corrected chi connectivity index (χ3v) is 2.17. The third-order valence-electron chi connectivity index (χ3n) is 2.17. The Hall–Kier alpha value is -2.69. The van der Waals surface area contributed by atoms with Crippen molar-refractivity contribution >= 4 is 23.5 Å². The first-order chi connectivity index (χ1) is 8.81. The molecule has 18 heavy (non-hydrogen) atoms. The van der Waals surface area contributed by atoms with Crippen molar-refractivity contribution in [3.63, 3.8) is 0 Å². The molecule has 0 saturated carbocycles. The van der Waals surface area contributed by atoms with E-state index in [0.717, 1.165) is 0 Å². The Morgan fingerprint density at radius 1 is 1.17 bits per heavy atom. The Bertz CT molecular complexity index is 559. The highest BCUT2D eigenvalue weighted by atomic mass is 16.3. The van der Waals surface area contributed by atoms with E-state index in [1.807, 2.05) is 18.2 Å². The van der Waals surface area contributed by atoms with E-state index >= 15 is 0 Å². The number of furan rings is 1. The Morgan fingerprint density at radius 3 is 2.56 bits per heavy atom. The Labute approximate surface area is 103 Å². The lowest BCUT2D eigenvalue weighted by Crippen LogP contribution is -2.16. The highest BCUT2D eigenvalue weighted by Crippen LogP contribution is 2.06. The van der Waals surface area contributed by atoms with Crippen LogP contribution in [0.1, 0.15) is 10.6 Å². The fourth-order valence-electron chi connectivity index (χ4n) is 1.30. The summed E-state index contributed by atoms with van der Waals surface area (Å²) in [7, 11) is 0. The molecule has 0 aliphatic heterocycles. The Balaban J connectivity index is 2.14. The molecule has 1 aromatic carbocycles. The standard InChI is InChI=1S/C13H10N2O3/c16-9-11(13(17)12-7-4-8-18-12)15-14-10-5-2-1-3-6-10/h1-9,14H. The maximum Gasteiger partial charge on any atom is 0.251 e. The molecule has 0 amide bonds. The van der Waals surface area contributed by atoms with Crippen molar-refractivity contribution in [3.05, 3.63) is 54.5 Å². The molecule has 0 fully saturated rings. The van der Waals surface area contributed by atoms with Gasteiger partial charge in [-0.2, -0.15) is 5.10 Å². The number of hydrogen-bond donors (Lipinski definition) is 1. The number of carbonyl (C=O) groups excluding carboxylic acids is 2. The molecule has 1 N–H and O–H groups in total. The number of aldehydes is 1. The molecular formula is C13H10N2O3. The van der Waals surface area contributed by atoms with Crippen LogP contribution in [-0.4, -0.2) is 17.8 Å². The Morgan fingerprint density at radius 2 is 1.94 bits per heavy atom. The molecule has 2 aromatic rings. The van der Waals surface area contributed by atoms with Crippen molar-refractivity contribution in [3.8, 4) is 0 Å². The zero-order valence-electron chi connectivity index (χ0n) is 9.37. The first-order valence-electron chi connectivity index (χ1n) is 5.23. The lowest BCUT2D eigenvalue weighted by Gasteiger charge is -2.00. The smallest absolute Gasteiger partial charge is 0.251 e. The number of ketones is 1. The SMILES string of the molecule is O=CC(=NNc1ccccc1)C(=O)c1ccco1. The quantitative estimate of drug-likeness (QED) is 0.286. The van der Waals surface area contributed by atoms with Gasteiger partial charge in [-0.1, -0.05) is 18.2 Å². The third kappa shape index (κ3) is 2.70. The number of para-hydroxylation sites is 1. The van der Waals surface area contributed by atoms with Crippen LogP contribution in [0.5, 0.6) is 0 Å². The van der Waals surface area contributed by atoms with E-state index in [4.69, 9.17) is 4.42 Å². The van der Waals surface area contributed by atoms with Gasteiger partial charge in [-0.3, -0.25) is 15.0 Å². The molecule has 0 radical (unpaired) electrons. The van der Waals surface area contributed by atoms with Gasteiger partial charge in [-0.05, 0) is 24.3 Å². The van der Waals surface area contributed by atoms with Crippen molar-refractivity contribution in [1.82, 2.24) is 0 Å². The van der Waals surface area contributed by atoms with Crippen LogP contribution in [0.25, 0.3) is 0 Å². The predicted molar refractivity (Wildman–Crippen MR) is 66.6 cm³/mol. The minimum Gasteiger partial charge on any atom is -0.461 e. The predicted octanol–water partition coefficient (Wildman–Crippen LogP) is 2.13. The number of rotatable bonds is 5. The second-order valence-corrected chi connectivity index (χ2v) is 3.40. The molecule has 0 saturated heterocycles. The molecule has 1 heterocycles. The van der Waals surface area contributed by atoms with Gasteiger partial charge >= 0.3 is 0 Å². The van der Waals surface area contributed by atoms with Crippen molar-refractivity contribution in [2.24, 2.45) is 5.10 Å². The fourth-order valence-corrected chi connectivity index (χ4v) is 1.30. The second-order valence-electron chi connectivity index (χ2n) is 3.40. The first kappa shape index (κ1) is 11.8. The molecular weight excluding hydrogens is 232 g/mol. The van der Waals surface area contributed by atoms with Crippen LogP contribution < -0.4 is 5.43 Å². The molecule has 2 rings (SSSR count). The van der Waals surface area contributed by atoms with Gasteiger partial charge in [0.15, 0.2) is 17.8 Å². The molecule has 0 bridgehead atoms. The summed E-state index contributed by atoms with van der Waals surface area (Å²) in [4.78, 5) is 22.6. The molecule has 0 aliphatic rings. The highest BCUT2D eigenvalue weighted by molar-refractivity contribution is 6.63. The van der Waals surface area contributed by atoms with E-state index in [-0.39, 0.29) is 11.5 Å². The van der Waals surface area contributed by atoms with Gasteiger partial charge in [0.05, 0.1) is 12.0 Å². The van der Waals surface area contributed by atoms with Crippen LogP contribution in [0.4, 0.5) is 5.69 Å². The maximum absolute atomic E-state index is 11.8. The fraction of sp³-hybridized carbons (Fsp3) is 0. The summed E-state index contributed by atoms with van der Waals surface area (Å²) in [5, 5.41) is 3.76. The number of benzene rings is 1. The minimum absolute atomic E-state index is 0.0794. The van der Waals surface area contributed by atoms with Gasteiger partial charge in [0.2, 0.25) is 0 Å². The summed E-state index contributed by atoms with van der Waals surface area (Å²) in [6, 6.07) is 12.1.